The van der Waals surface area contributed by atoms with Crippen LogP contribution in [0.4, 0.5) is 0 Å². The zero-order chi connectivity index (χ0) is 9.35. The molecule has 0 radical (unpaired) electrons. The molecule has 0 saturated heterocycles. The van der Waals surface area contributed by atoms with Crippen LogP contribution in [-0.2, 0) is 0 Å². The van der Waals surface area contributed by atoms with Crippen LogP contribution in [-0.4, -0.2) is 0 Å². The Kier molecular flexibility index (Phi) is 2.65. The zero-order valence-corrected chi connectivity index (χ0v) is 8.98. The van der Waals surface area contributed by atoms with Gasteiger partial charge in [0.25, 0.3) is 0 Å². The maximum absolute atomic E-state index is 4.20. The summed E-state index contributed by atoms with van der Waals surface area (Å²) >= 11 is 0. The summed E-state index contributed by atoms with van der Waals surface area (Å²) in [6, 6.07) is 0. The lowest BCUT2D eigenvalue weighted by Gasteiger charge is -2.31. The summed E-state index contributed by atoms with van der Waals surface area (Å²) in [5.41, 5.74) is 1.99. The van der Waals surface area contributed by atoms with Crippen LogP contribution in [0.25, 0.3) is 0 Å². The molecule has 0 unspecified atom stereocenters. The van der Waals surface area contributed by atoms with Crippen molar-refractivity contribution in [3.8, 4) is 0 Å². The lowest BCUT2D eigenvalue weighted by Crippen LogP contribution is -2.23. The molecule has 0 aromatic rings. The van der Waals surface area contributed by atoms with Gasteiger partial charge < -0.3 is 0 Å². The molecular weight excluding hydrogens is 144 g/mol. The summed E-state index contributed by atoms with van der Waals surface area (Å²) in [7, 11) is 0. The molecule has 0 heteroatoms. The van der Waals surface area contributed by atoms with Crippen LogP contribution in [0, 0.1) is 17.3 Å². The van der Waals surface area contributed by atoms with E-state index in [0.29, 0.717) is 5.41 Å². The molecule has 0 bridgehead atoms. The highest BCUT2D eigenvalue weighted by molar-refractivity contribution is 5.14. The molecule has 0 N–H and O–H groups in total. The lowest BCUT2D eigenvalue weighted by molar-refractivity contribution is 0.198. The second-order valence-electron chi connectivity index (χ2n) is 4.93. The van der Waals surface area contributed by atoms with E-state index in [0.717, 1.165) is 11.8 Å². The maximum Gasteiger partial charge on any atom is -0.0152 e. The van der Waals surface area contributed by atoms with Crippen LogP contribution < -0.4 is 0 Å². The van der Waals surface area contributed by atoms with Crippen molar-refractivity contribution in [1.29, 1.82) is 0 Å². The molecule has 0 aliphatic heterocycles. The summed E-state index contributed by atoms with van der Waals surface area (Å²) in [5.74, 6) is 1.60. The van der Waals surface area contributed by atoms with Gasteiger partial charge in [-0.25, -0.2) is 0 Å². The number of hydrogen-bond donors (Lipinski definition) is 0. The minimum absolute atomic E-state index is 0.493. The van der Waals surface area contributed by atoms with Gasteiger partial charge in [-0.1, -0.05) is 46.3 Å². The average molecular weight is 166 g/mol. The predicted molar refractivity (Wildman–Crippen MR) is 55.1 cm³/mol. The van der Waals surface area contributed by atoms with Crippen LogP contribution >= 0.6 is 0 Å². The van der Waals surface area contributed by atoms with Crippen molar-refractivity contribution >= 4 is 0 Å². The standard InChI is InChI=1S/C12H22/c1-6-7-11-9(2)8-10(3)12(11,4)5/h10-11H,2,6-8H2,1,3-5H3/t10-,11-/m0/s1. The second kappa shape index (κ2) is 3.24. The van der Waals surface area contributed by atoms with Crippen molar-refractivity contribution in [2.75, 3.05) is 0 Å². The molecule has 1 fully saturated rings. The average Bonchev–Trinajstić information content (AvgIpc) is 2.14. The zero-order valence-electron chi connectivity index (χ0n) is 8.98. The Labute approximate surface area is 77.1 Å². The molecule has 1 aliphatic carbocycles. The van der Waals surface area contributed by atoms with Crippen LogP contribution in [0.1, 0.15) is 47.0 Å². The van der Waals surface area contributed by atoms with E-state index in [4.69, 9.17) is 0 Å². The third kappa shape index (κ3) is 1.44. The first-order valence-electron chi connectivity index (χ1n) is 5.17. The van der Waals surface area contributed by atoms with Gasteiger partial charge in [-0.2, -0.15) is 0 Å². The molecule has 1 saturated carbocycles. The van der Waals surface area contributed by atoms with Crippen molar-refractivity contribution in [3.05, 3.63) is 12.2 Å². The van der Waals surface area contributed by atoms with Gasteiger partial charge in [0.15, 0.2) is 0 Å². The molecule has 2 atom stereocenters. The van der Waals surface area contributed by atoms with Crippen LogP contribution in [0.3, 0.4) is 0 Å². The fraction of sp³-hybridized carbons (Fsp3) is 0.833. The highest BCUT2D eigenvalue weighted by atomic mass is 14.5. The lowest BCUT2D eigenvalue weighted by atomic mass is 9.74. The topological polar surface area (TPSA) is 0 Å². The molecule has 0 amide bonds. The maximum atomic E-state index is 4.20. The summed E-state index contributed by atoms with van der Waals surface area (Å²) in [4.78, 5) is 0. The Morgan fingerprint density at radius 3 is 2.42 bits per heavy atom. The third-order valence-electron chi connectivity index (χ3n) is 3.81. The van der Waals surface area contributed by atoms with Crippen LogP contribution in [0.2, 0.25) is 0 Å². The Balaban J connectivity index is 2.76. The normalized spacial score (nSPS) is 34.2. The van der Waals surface area contributed by atoms with Crippen molar-refractivity contribution in [2.24, 2.45) is 17.3 Å². The van der Waals surface area contributed by atoms with E-state index in [1.165, 1.54) is 24.8 Å². The van der Waals surface area contributed by atoms with Crippen molar-refractivity contribution in [1.82, 2.24) is 0 Å². The number of allylic oxidation sites excluding steroid dienone is 1. The summed E-state index contributed by atoms with van der Waals surface area (Å²) < 4.78 is 0. The molecule has 1 aliphatic rings. The fourth-order valence-corrected chi connectivity index (χ4v) is 2.53. The Morgan fingerprint density at radius 2 is 2.08 bits per heavy atom. The Morgan fingerprint density at radius 1 is 1.50 bits per heavy atom. The van der Waals surface area contributed by atoms with Crippen molar-refractivity contribution in [2.45, 2.75) is 47.0 Å². The largest absolute Gasteiger partial charge is 0.0996 e. The highest BCUT2D eigenvalue weighted by Gasteiger charge is 2.41. The fourth-order valence-electron chi connectivity index (χ4n) is 2.53. The smallest absolute Gasteiger partial charge is 0.0152 e. The van der Waals surface area contributed by atoms with E-state index in [9.17, 15) is 0 Å². The molecule has 0 nitrogen and oxygen atoms in total. The summed E-state index contributed by atoms with van der Waals surface area (Å²) in [6.07, 6.45) is 3.87. The van der Waals surface area contributed by atoms with Crippen LogP contribution in [0.5, 0.6) is 0 Å². The summed E-state index contributed by atoms with van der Waals surface area (Å²) in [6.45, 7) is 13.6. The number of hydrogen-bond acceptors (Lipinski definition) is 0. The Hall–Kier alpha value is -0.260. The van der Waals surface area contributed by atoms with E-state index in [2.05, 4.69) is 34.3 Å². The van der Waals surface area contributed by atoms with Gasteiger partial charge in [0.1, 0.15) is 0 Å². The minimum Gasteiger partial charge on any atom is -0.0996 e. The molecule has 70 valence electrons. The van der Waals surface area contributed by atoms with Crippen molar-refractivity contribution < 1.29 is 0 Å². The van der Waals surface area contributed by atoms with Gasteiger partial charge in [0.05, 0.1) is 0 Å². The molecule has 12 heavy (non-hydrogen) atoms. The second-order valence-corrected chi connectivity index (χ2v) is 4.93. The summed E-state index contributed by atoms with van der Waals surface area (Å²) in [5, 5.41) is 0. The molecule has 0 aromatic heterocycles. The Bertz CT molecular complexity index is 176. The molecule has 1 rings (SSSR count). The molecular formula is C12H22. The van der Waals surface area contributed by atoms with Gasteiger partial charge in [-0.3, -0.25) is 0 Å². The van der Waals surface area contributed by atoms with Gasteiger partial charge in [-0.05, 0) is 30.1 Å². The molecule has 0 spiro atoms. The van der Waals surface area contributed by atoms with Crippen molar-refractivity contribution in [3.63, 3.8) is 0 Å². The first-order chi connectivity index (χ1) is 5.50. The van der Waals surface area contributed by atoms with E-state index >= 15 is 0 Å². The predicted octanol–water partition coefficient (Wildman–Crippen LogP) is 4.02. The van der Waals surface area contributed by atoms with E-state index in [1.807, 2.05) is 0 Å². The monoisotopic (exact) mass is 166 g/mol. The quantitative estimate of drug-likeness (QED) is 0.543. The SMILES string of the molecule is C=C1C[C@H](C)C(C)(C)[C@H]1CCC. The van der Waals surface area contributed by atoms with Crippen LogP contribution in [0.15, 0.2) is 12.2 Å². The third-order valence-corrected chi connectivity index (χ3v) is 3.81. The number of rotatable bonds is 2. The van der Waals surface area contributed by atoms with Gasteiger partial charge >= 0.3 is 0 Å². The van der Waals surface area contributed by atoms with E-state index in [1.54, 1.807) is 0 Å². The minimum atomic E-state index is 0.493. The van der Waals surface area contributed by atoms with Gasteiger partial charge in [0, 0.05) is 0 Å². The first kappa shape index (κ1) is 9.83. The van der Waals surface area contributed by atoms with E-state index < -0.39 is 0 Å². The first-order valence-corrected chi connectivity index (χ1v) is 5.17. The molecule has 0 aromatic carbocycles. The van der Waals surface area contributed by atoms with Gasteiger partial charge in [0.2, 0.25) is 0 Å². The van der Waals surface area contributed by atoms with Gasteiger partial charge in [-0.15, -0.1) is 0 Å². The van der Waals surface area contributed by atoms with E-state index in [-0.39, 0.29) is 0 Å². The molecule has 0 heterocycles. The highest BCUT2D eigenvalue weighted by Crippen LogP contribution is 2.51.